The van der Waals surface area contributed by atoms with E-state index in [1.807, 2.05) is 0 Å². The van der Waals surface area contributed by atoms with Crippen molar-refractivity contribution < 1.29 is 28.0 Å². The molecule has 0 aromatic heterocycles. The number of benzene rings is 2. The van der Waals surface area contributed by atoms with E-state index >= 15 is 0 Å². The lowest BCUT2D eigenvalue weighted by Gasteiger charge is -1.93. The number of rotatable bonds is 2. The minimum absolute atomic E-state index is 0.0279. The molecule has 0 aliphatic rings. The Morgan fingerprint density at radius 2 is 1.63 bits per heavy atom. The van der Waals surface area contributed by atoms with E-state index < -0.39 is 12.5 Å². The molecule has 2 aromatic carbocycles. The number of phenolic OH excluding ortho intramolecular Hbond substituents is 2. The zero-order valence-electron chi connectivity index (χ0n) is 11.8. The Morgan fingerprint density at radius 1 is 1.05 bits per heavy atom. The van der Waals surface area contributed by atoms with E-state index in [9.17, 15) is 4.79 Å². The Bertz CT molecular complexity index is 623. The SMILES string of the molecule is O=C(O)c1cccc(O)c1.[2H]C([2H])(O)c1cccc(O)c1. The molecular weight excluding hydrogens is 248 g/mol. The molecule has 0 saturated heterocycles. The molecule has 0 unspecified atom stereocenters. The average molecular weight is 264 g/mol. The van der Waals surface area contributed by atoms with Crippen molar-refractivity contribution >= 4 is 5.97 Å². The number of carboxylic acid groups (broad SMARTS) is 1. The second-order valence-corrected chi connectivity index (χ2v) is 3.52. The molecule has 0 radical (unpaired) electrons. The molecule has 5 nitrogen and oxygen atoms in total. The Morgan fingerprint density at radius 3 is 2.00 bits per heavy atom. The number of aromatic hydroxyl groups is 2. The lowest BCUT2D eigenvalue weighted by molar-refractivity contribution is 0.0696. The van der Waals surface area contributed by atoms with Gasteiger partial charge < -0.3 is 20.4 Å². The van der Waals surface area contributed by atoms with Gasteiger partial charge in [-0.3, -0.25) is 0 Å². The first-order valence-corrected chi connectivity index (χ1v) is 5.24. The van der Waals surface area contributed by atoms with E-state index in [0.29, 0.717) is 0 Å². The summed E-state index contributed by atoms with van der Waals surface area (Å²) >= 11 is 0. The molecule has 19 heavy (non-hydrogen) atoms. The van der Waals surface area contributed by atoms with Crippen LogP contribution in [-0.4, -0.2) is 26.4 Å². The van der Waals surface area contributed by atoms with Crippen LogP contribution in [0.25, 0.3) is 0 Å². The van der Waals surface area contributed by atoms with Gasteiger partial charge in [0.1, 0.15) is 11.5 Å². The predicted molar refractivity (Wildman–Crippen MR) is 69.1 cm³/mol. The molecule has 0 aliphatic carbocycles. The summed E-state index contributed by atoms with van der Waals surface area (Å²) in [5.41, 5.74) is 0.150. The van der Waals surface area contributed by atoms with Crippen molar-refractivity contribution in [1.29, 1.82) is 0 Å². The van der Waals surface area contributed by atoms with Crippen LogP contribution in [0.1, 0.15) is 18.7 Å². The van der Waals surface area contributed by atoms with Gasteiger partial charge in [-0.1, -0.05) is 18.2 Å². The van der Waals surface area contributed by atoms with Crippen LogP contribution >= 0.6 is 0 Å². The van der Waals surface area contributed by atoms with E-state index in [1.165, 1.54) is 48.5 Å². The van der Waals surface area contributed by atoms with Crippen molar-refractivity contribution in [2.45, 2.75) is 6.56 Å². The first-order valence-electron chi connectivity index (χ1n) is 6.24. The van der Waals surface area contributed by atoms with E-state index in [1.54, 1.807) is 0 Å². The van der Waals surface area contributed by atoms with Gasteiger partial charge in [0.2, 0.25) is 0 Å². The minimum Gasteiger partial charge on any atom is -0.508 e. The number of aromatic carboxylic acids is 1. The van der Waals surface area contributed by atoms with Crippen LogP contribution in [0.5, 0.6) is 11.5 Å². The minimum atomic E-state index is -2.38. The Balaban J connectivity index is 0.000000211. The molecule has 0 atom stereocenters. The van der Waals surface area contributed by atoms with Gasteiger partial charge in [-0.15, -0.1) is 0 Å². The molecule has 0 amide bonds. The quantitative estimate of drug-likeness (QED) is 0.665. The van der Waals surface area contributed by atoms with Crippen molar-refractivity contribution in [3.63, 3.8) is 0 Å². The van der Waals surface area contributed by atoms with Crippen LogP contribution in [-0.2, 0) is 6.56 Å². The molecule has 0 heterocycles. The number of aliphatic hydroxyl groups is 1. The first-order chi connectivity index (χ1) is 9.70. The summed E-state index contributed by atoms with van der Waals surface area (Å²) in [6.07, 6.45) is 0. The number of carbonyl (C=O) groups is 1. The third-order valence-electron chi connectivity index (χ3n) is 2.07. The van der Waals surface area contributed by atoms with Gasteiger partial charge in [0.15, 0.2) is 0 Å². The molecule has 0 spiro atoms. The van der Waals surface area contributed by atoms with Crippen LogP contribution in [0.4, 0.5) is 0 Å². The highest BCUT2D eigenvalue weighted by molar-refractivity contribution is 5.87. The second kappa shape index (κ2) is 7.03. The Labute approximate surface area is 112 Å². The summed E-state index contributed by atoms with van der Waals surface area (Å²) < 4.78 is 13.8. The standard InChI is InChI=1S/C7H6O3.C7H8O2/c8-6-3-1-2-5(4-6)7(9)10;8-5-6-2-1-3-7(9)4-6/h1-4,8H,(H,9,10);1-4,8-9H,5H2/i;5D2. The van der Waals surface area contributed by atoms with Crippen molar-refractivity contribution in [1.82, 2.24) is 0 Å². The maximum Gasteiger partial charge on any atom is 0.335 e. The van der Waals surface area contributed by atoms with Gasteiger partial charge in [0, 0.05) is 0 Å². The van der Waals surface area contributed by atoms with Crippen molar-refractivity contribution in [3.8, 4) is 11.5 Å². The van der Waals surface area contributed by atoms with Crippen LogP contribution in [0.15, 0.2) is 48.5 Å². The van der Waals surface area contributed by atoms with Crippen LogP contribution in [0, 0.1) is 0 Å². The van der Waals surface area contributed by atoms with Crippen LogP contribution in [0.2, 0.25) is 0 Å². The van der Waals surface area contributed by atoms with E-state index in [2.05, 4.69) is 0 Å². The number of phenols is 2. The molecule has 5 heteroatoms. The third-order valence-corrected chi connectivity index (χ3v) is 2.07. The molecule has 4 N–H and O–H groups in total. The van der Waals surface area contributed by atoms with Crippen molar-refractivity contribution in [2.24, 2.45) is 0 Å². The van der Waals surface area contributed by atoms with Crippen LogP contribution < -0.4 is 0 Å². The molecular formula is C14H14O5. The van der Waals surface area contributed by atoms with Crippen molar-refractivity contribution in [2.75, 3.05) is 0 Å². The molecule has 2 aromatic rings. The van der Waals surface area contributed by atoms with Gasteiger partial charge in [0.05, 0.1) is 14.9 Å². The van der Waals surface area contributed by atoms with Crippen LogP contribution in [0.3, 0.4) is 0 Å². The third kappa shape index (κ3) is 5.10. The second-order valence-electron chi connectivity index (χ2n) is 3.52. The van der Waals surface area contributed by atoms with E-state index in [0.717, 1.165) is 0 Å². The molecule has 100 valence electrons. The van der Waals surface area contributed by atoms with E-state index in [-0.39, 0.29) is 22.6 Å². The lowest BCUT2D eigenvalue weighted by Crippen LogP contribution is -1.94. The van der Waals surface area contributed by atoms with Gasteiger partial charge in [0.25, 0.3) is 0 Å². The zero-order chi connectivity index (χ0) is 16.0. The van der Waals surface area contributed by atoms with E-state index in [4.69, 9.17) is 23.2 Å². The molecule has 0 aliphatic heterocycles. The maximum atomic E-state index is 10.2. The summed E-state index contributed by atoms with van der Waals surface area (Å²) in [6.45, 7) is -2.38. The normalized spacial score (nSPS) is 11.6. The summed E-state index contributed by atoms with van der Waals surface area (Å²) in [7, 11) is 0. The van der Waals surface area contributed by atoms with Crippen molar-refractivity contribution in [3.05, 3.63) is 59.7 Å². The summed E-state index contributed by atoms with van der Waals surface area (Å²) in [4.78, 5) is 10.2. The molecule has 0 bridgehead atoms. The van der Waals surface area contributed by atoms with Gasteiger partial charge in [-0.2, -0.15) is 0 Å². The Hall–Kier alpha value is -2.53. The highest BCUT2D eigenvalue weighted by atomic mass is 16.4. The number of hydrogen-bond acceptors (Lipinski definition) is 4. The van der Waals surface area contributed by atoms with Gasteiger partial charge in [-0.05, 0) is 35.9 Å². The van der Waals surface area contributed by atoms with Gasteiger partial charge >= 0.3 is 5.97 Å². The zero-order valence-corrected chi connectivity index (χ0v) is 9.82. The fourth-order valence-corrected chi connectivity index (χ4v) is 1.21. The highest BCUT2D eigenvalue weighted by Crippen LogP contribution is 2.10. The largest absolute Gasteiger partial charge is 0.508 e. The smallest absolute Gasteiger partial charge is 0.335 e. The first kappa shape index (κ1) is 11.6. The highest BCUT2D eigenvalue weighted by Gasteiger charge is 2.00. The molecule has 0 fully saturated rings. The maximum absolute atomic E-state index is 10.2. The summed E-state index contributed by atoms with van der Waals surface area (Å²) in [5, 5.41) is 34.9. The topological polar surface area (TPSA) is 98.0 Å². The Kier molecular flexibility index (Phi) is 4.27. The predicted octanol–water partition coefficient (Wildman–Crippen LogP) is 1.97. The average Bonchev–Trinajstić information content (AvgIpc) is 2.38. The summed E-state index contributed by atoms with van der Waals surface area (Å²) in [5.74, 6) is -1.11. The molecule has 0 saturated carbocycles. The van der Waals surface area contributed by atoms with Gasteiger partial charge in [-0.25, -0.2) is 4.79 Å². The molecule has 2 rings (SSSR count). The fraction of sp³-hybridized carbons (Fsp3) is 0.0714. The number of hydrogen-bond donors (Lipinski definition) is 4. The monoisotopic (exact) mass is 264 g/mol. The summed E-state index contributed by atoms with van der Waals surface area (Å²) in [6, 6.07) is 11.0. The lowest BCUT2D eigenvalue weighted by atomic mass is 10.2. The number of carboxylic acids is 1. The fourth-order valence-electron chi connectivity index (χ4n) is 1.21.